The van der Waals surface area contributed by atoms with Gasteiger partial charge in [-0.1, -0.05) is 81.4 Å². The smallest absolute Gasteiger partial charge is 0.313 e. The van der Waals surface area contributed by atoms with Gasteiger partial charge >= 0.3 is 5.97 Å². The normalized spacial score (nSPS) is 20.0. The Bertz CT molecular complexity index is 2140. The first kappa shape index (κ1) is 32.1. The molecule has 0 N–H and O–H groups in total. The largest absolute Gasteiger partial charge is 0.464 e. The lowest BCUT2D eigenvalue weighted by Crippen LogP contribution is -2.54. The van der Waals surface area contributed by atoms with Crippen molar-refractivity contribution in [3.63, 3.8) is 0 Å². The van der Waals surface area contributed by atoms with E-state index >= 15 is 0 Å². The molecule has 0 saturated carbocycles. The minimum absolute atomic E-state index is 0.0201. The number of nitrogens with zero attached hydrogens (tertiary/aromatic N) is 3. The number of ether oxygens (including phenoxy) is 2. The number of carbonyl (C=O) groups excluding carboxylic acids is 1. The molecule has 6 heteroatoms. The fourth-order valence-electron chi connectivity index (χ4n) is 9.04. The summed E-state index contributed by atoms with van der Waals surface area (Å²) < 4.78 is 16.8. The Morgan fingerprint density at radius 3 is 2.29 bits per heavy atom. The van der Waals surface area contributed by atoms with Crippen LogP contribution >= 0.6 is 0 Å². The molecule has 6 aromatic rings. The van der Waals surface area contributed by atoms with Gasteiger partial charge in [-0.15, -0.1) is 0 Å². The highest BCUT2D eigenvalue weighted by Crippen LogP contribution is 2.44. The number of hydrogen-bond acceptors (Lipinski definition) is 4. The minimum Gasteiger partial charge on any atom is -0.464 e. The topological polar surface area (TPSA) is 48.6 Å². The van der Waals surface area contributed by atoms with Crippen molar-refractivity contribution in [1.82, 2.24) is 14.0 Å². The van der Waals surface area contributed by atoms with Gasteiger partial charge in [-0.25, -0.2) is 0 Å². The van der Waals surface area contributed by atoms with Crippen molar-refractivity contribution in [1.29, 1.82) is 0 Å². The van der Waals surface area contributed by atoms with Gasteiger partial charge in [0.2, 0.25) is 0 Å². The molecule has 0 bridgehead atoms. The second-order valence-corrected chi connectivity index (χ2v) is 14.8. The summed E-state index contributed by atoms with van der Waals surface area (Å²) in [6, 6.07) is 33.5. The molecule has 0 amide bonds. The molecule has 6 nitrogen and oxygen atoms in total. The zero-order chi connectivity index (χ0) is 33.8. The van der Waals surface area contributed by atoms with Gasteiger partial charge in [0.1, 0.15) is 6.61 Å². The molecule has 49 heavy (non-hydrogen) atoms. The third kappa shape index (κ3) is 5.09. The zero-order valence-corrected chi connectivity index (χ0v) is 29.5. The molecule has 2 aliphatic heterocycles. The molecule has 2 aliphatic rings. The summed E-state index contributed by atoms with van der Waals surface area (Å²) in [5.41, 5.74) is 5.61. The number of piperidine rings is 1. The monoisotopic (exact) mass is 655 g/mol. The van der Waals surface area contributed by atoms with Crippen molar-refractivity contribution in [3.8, 4) is 5.69 Å². The molecule has 4 aromatic carbocycles. The summed E-state index contributed by atoms with van der Waals surface area (Å²) in [6.07, 6.45) is 4.79. The van der Waals surface area contributed by atoms with Crippen molar-refractivity contribution in [2.75, 3.05) is 32.9 Å². The van der Waals surface area contributed by atoms with E-state index in [4.69, 9.17) is 9.47 Å². The average molecular weight is 656 g/mol. The lowest BCUT2D eigenvalue weighted by Gasteiger charge is -2.46. The quantitative estimate of drug-likeness (QED) is 0.138. The van der Waals surface area contributed by atoms with Crippen molar-refractivity contribution in [2.45, 2.75) is 71.9 Å². The van der Waals surface area contributed by atoms with Crippen LogP contribution in [0.25, 0.3) is 49.3 Å². The molecule has 254 valence electrons. The van der Waals surface area contributed by atoms with E-state index in [0.717, 1.165) is 45.2 Å². The molecule has 0 spiro atoms. The summed E-state index contributed by atoms with van der Waals surface area (Å²) in [5, 5.41) is 5.18. The summed E-state index contributed by atoms with van der Waals surface area (Å²) in [7, 11) is 0. The number of hydrogen-bond donors (Lipinski definition) is 0. The standard InChI is InChI=1S/C43H49N3O3/c1-5-38(42(4,6-2)41(47)49-29-43(7-3)27-48-28-43)44-25-15-18-31(26-44)46-35-21-13-11-19-32(35)33-23-24-37-39(40(33)46)34-20-12-14-22-36(34)45(37)30-16-9-8-10-17-30/h8-14,16-17,19-24,31,38H,5-7,15,18,25-29H2,1-4H3. The van der Waals surface area contributed by atoms with Gasteiger partial charge in [-0.3, -0.25) is 9.69 Å². The molecule has 0 aliphatic carbocycles. The van der Waals surface area contributed by atoms with E-state index in [0.29, 0.717) is 19.8 Å². The van der Waals surface area contributed by atoms with Gasteiger partial charge in [0.25, 0.3) is 0 Å². The van der Waals surface area contributed by atoms with Crippen LogP contribution < -0.4 is 0 Å². The Hall–Kier alpha value is -4.13. The summed E-state index contributed by atoms with van der Waals surface area (Å²) >= 11 is 0. The molecular formula is C43H49N3O3. The van der Waals surface area contributed by atoms with Gasteiger partial charge in [0.05, 0.1) is 40.6 Å². The maximum atomic E-state index is 14.0. The average Bonchev–Trinajstić information content (AvgIpc) is 3.65. The molecular weight excluding hydrogens is 606 g/mol. The number of likely N-dealkylation sites (tertiary alicyclic amines) is 1. The van der Waals surface area contributed by atoms with Gasteiger partial charge in [-0.2, -0.15) is 0 Å². The van der Waals surface area contributed by atoms with Crippen LogP contribution in [0.15, 0.2) is 91.0 Å². The van der Waals surface area contributed by atoms with E-state index in [1.54, 1.807) is 0 Å². The van der Waals surface area contributed by atoms with Gasteiger partial charge < -0.3 is 18.6 Å². The zero-order valence-electron chi connectivity index (χ0n) is 29.5. The molecule has 3 unspecified atom stereocenters. The van der Waals surface area contributed by atoms with Crippen LogP contribution in [0.5, 0.6) is 0 Å². The molecule has 4 heterocycles. The third-order valence-electron chi connectivity index (χ3n) is 12.2. The number of benzene rings is 4. The van der Waals surface area contributed by atoms with Gasteiger partial charge in [-0.05, 0) is 75.9 Å². The fourth-order valence-corrected chi connectivity index (χ4v) is 9.04. The predicted octanol–water partition coefficient (Wildman–Crippen LogP) is 9.69. The number of esters is 1. The van der Waals surface area contributed by atoms with E-state index in [9.17, 15) is 4.79 Å². The number of carbonyl (C=O) groups is 1. The Morgan fingerprint density at radius 2 is 1.59 bits per heavy atom. The SMILES string of the molecule is CCC(N1CCCC(n2c3ccccc3c3ccc4c(c5ccccc5n4-c4ccccc4)c32)C1)C(C)(CC)C(=O)OCC1(CC)COC1. The Labute approximate surface area is 289 Å². The van der Waals surface area contributed by atoms with Crippen LogP contribution in [0.4, 0.5) is 0 Å². The molecule has 8 rings (SSSR count). The van der Waals surface area contributed by atoms with E-state index in [1.807, 2.05) is 0 Å². The van der Waals surface area contributed by atoms with Gasteiger partial charge in [0, 0.05) is 51.4 Å². The summed E-state index contributed by atoms with van der Waals surface area (Å²) in [6.45, 7) is 12.4. The van der Waals surface area contributed by atoms with Crippen molar-refractivity contribution < 1.29 is 14.3 Å². The first-order chi connectivity index (χ1) is 23.9. The lowest BCUT2D eigenvalue weighted by molar-refractivity contribution is -0.182. The number of fused-ring (bicyclic) bond motifs is 7. The highest BCUT2D eigenvalue weighted by molar-refractivity contribution is 6.25. The number of aromatic nitrogens is 2. The highest BCUT2D eigenvalue weighted by atomic mass is 16.5. The van der Waals surface area contributed by atoms with Crippen LogP contribution in [0, 0.1) is 10.8 Å². The lowest BCUT2D eigenvalue weighted by atomic mass is 9.76. The number of para-hydroxylation sites is 3. The van der Waals surface area contributed by atoms with Crippen LogP contribution in [0.2, 0.25) is 0 Å². The van der Waals surface area contributed by atoms with Crippen molar-refractivity contribution >= 4 is 49.6 Å². The Balaban J connectivity index is 1.23. The first-order valence-corrected chi connectivity index (χ1v) is 18.4. The van der Waals surface area contributed by atoms with E-state index in [2.05, 4.69) is 133 Å². The van der Waals surface area contributed by atoms with Crippen LogP contribution in [-0.4, -0.2) is 59.0 Å². The number of rotatable bonds is 10. The molecule has 2 saturated heterocycles. The van der Waals surface area contributed by atoms with E-state index in [1.165, 1.54) is 49.3 Å². The molecule has 2 aromatic heterocycles. The van der Waals surface area contributed by atoms with Crippen LogP contribution in [0.1, 0.15) is 65.8 Å². The summed E-state index contributed by atoms with van der Waals surface area (Å²) in [5.74, 6) is -0.0593. The van der Waals surface area contributed by atoms with Crippen LogP contribution in [-0.2, 0) is 14.3 Å². The van der Waals surface area contributed by atoms with Crippen molar-refractivity contribution in [3.05, 3.63) is 91.0 Å². The Morgan fingerprint density at radius 1 is 0.878 bits per heavy atom. The van der Waals surface area contributed by atoms with E-state index < -0.39 is 5.41 Å². The highest BCUT2D eigenvalue weighted by Gasteiger charge is 2.46. The maximum absolute atomic E-state index is 14.0. The minimum atomic E-state index is -0.590. The van der Waals surface area contributed by atoms with Gasteiger partial charge in [0.15, 0.2) is 0 Å². The fraction of sp³-hybridized carbons (Fsp3) is 0.419. The predicted molar refractivity (Wildman–Crippen MR) is 201 cm³/mol. The second-order valence-electron chi connectivity index (χ2n) is 14.8. The first-order valence-electron chi connectivity index (χ1n) is 18.4. The maximum Gasteiger partial charge on any atom is 0.313 e. The Kier molecular flexibility index (Phi) is 8.28. The molecule has 2 fully saturated rings. The van der Waals surface area contributed by atoms with Crippen LogP contribution in [0.3, 0.4) is 0 Å². The second kappa shape index (κ2) is 12.6. The van der Waals surface area contributed by atoms with E-state index in [-0.39, 0.29) is 23.5 Å². The molecule has 3 atom stereocenters. The summed E-state index contributed by atoms with van der Waals surface area (Å²) in [4.78, 5) is 16.6. The molecule has 0 radical (unpaired) electrons. The van der Waals surface area contributed by atoms with Crippen molar-refractivity contribution in [2.24, 2.45) is 10.8 Å². The third-order valence-corrected chi connectivity index (χ3v) is 12.2.